The normalized spacial score (nSPS) is 27.6. The number of rotatable bonds is 8. The van der Waals surface area contributed by atoms with Gasteiger partial charge >= 0.3 is 0 Å². The summed E-state index contributed by atoms with van der Waals surface area (Å²) in [6.07, 6.45) is -7.85. The molecule has 2 aromatic rings. The van der Waals surface area contributed by atoms with Crippen LogP contribution in [-0.4, -0.2) is 73.6 Å². The van der Waals surface area contributed by atoms with Crippen molar-refractivity contribution in [3.63, 3.8) is 0 Å². The summed E-state index contributed by atoms with van der Waals surface area (Å²) in [6, 6.07) is 6.12. The molecule has 1 saturated heterocycles. The summed E-state index contributed by atoms with van der Waals surface area (Å²) < 4.78 is 34.6. The van der Waals surface area contributed by atoms with Crippen LogP contribution in [0.2, 0.25) is 0 Å². The molecule has 9 heteroatoms. The summed E-state index contributed by atoms with van der Waals surface area (Å²) >= 11 is 0. The second-order valence-electron chi connectivity index (χ2n) is 8.37. The van der Waals surface area contributed by atoms with Crippen molar-refractivity contribution in [1.29, 1.82) is 0 Å². The van der Waals surface area contributed by atoms with Crippen LogP contribution < -0.4 is 9.47 Å². The standard InChI is InChI=1S/C23H34N2O7/c1-12(2)25-14(5)17(10-15-6-8-16(9-7-15)30-13(3)4)22(24-25)32-23-21(29)20(28)19(27)18(11-26)31-23/h6-9,12-13,18-21,23,26-29H,10-11H2,1-5H3/t18-,19-,20+,21-,23+/m1/s1/i12D,13D. The molecule has 1 aliphatic rings. The Labute approximate surface area is 191 Å². The molecule has 1 aromatic carbocycles. The molecule has 5 atom stereocenters. The Hall–Kier alpha value is -2.17. The van der Waals surface area contributed by atoms with Crippen molar-refractivity contribution in [2.75, 3.05) is 6.61 Å². The maximum Gasteiger partial charge on any atom is 0.239 e. The molecule has 0 aliphatic carbocycles. The van der Waals surface area contributed by atoms with Gasteiger partial charge in [-0.15, -0.1) is 5.10 Å². The van der Waals surface area contributed by atoms with E-state index in [1.165, 1.54) is 4.68 Å². The highest BCUT2D eigenvalue weighted by Crippen LogP contribution is 2.31. The quantitative estimate of drug-likeness (QED) is 0.473. The molecule has 0 spiro atoms. The van der Waals surface area contributed by atoms with Gasteiger partial charge in [0.1, 0.15) is 30.2 Å². The van der Waals surface area contributed by atoms with Gasteiger partial charge < -0.3 is 34.6 Å². The lowest BCUT2D eigenvalue weighted by Crippen LogP contribution is -2.60. The minimum atomic E-state index is -1.58. The predicted octanol–water partition coefficient (Wildman–Crippen LogP) is 1.33. The monoisotopic (exact) mass is 452 g/mol. The van der Waals surface area contributed by atoms with Crippen molar-refractivity contribution < 1.29 is 37.4 Å². The van der Waals surface area contributed by atoms with E-state index >= 15 is 0 Å². The SMILES string of the molecule is [2H]C(C)(C)Oc1ccc(Cc2c(O[C@@H]3O[C@H](CO)[C@@H](O)[C@H](O)[C@H]3O)nn(C([2H])(C)C)c2C)cc1. The van der Waals surface area contributed by atoms with Crippen LogP contribution in [-0.2, 0) is 11.2 Å². The van der Waals surface area contributed by atoms with Gasteiger partial charge in [-0.1, -0.05) is 12.1 Å². The molecule has 0 unspecified atom stereocenters. The molecule has 1 fully saturated rings. The Morgan fingerprint density at radius 1 is 1.09 bits per heavy atom. The van der Waals surface area contributed by atoms with Crippen LogP contribution in [0.3, 0.4) is 0 Å². The van der Waals surface area contributed by atoms with Crippen LogP contribution in [0.15, 0.2) is 24.3 Å². The Balaban J connectivity index is 1.91. The number of hydrogen-bond acceptors (Lipinski definition) is 8. The summed E-state index contributed by atoms with van der Waals surface area (Å²) in [4.78, 5) is 0. The largest absolute Gasteiger partial charge is 0.491 e. The smallest absolute Gasteiger partial charge is 0.239 e. The van der Waals surface area contributed by atoms with Crippen molar-refractivity contribution in [1.82, 2.24) is 9.78 Å². The van der Waals surface area contributed by atoms with Crippen LogP contribution in [0.5, 0.6) is 11.6 Å². The fourth-order valence-corrected chi connectivity index (χ4v) is 3.63. The van der Waals surface area contributed by atoms with Gasteiger partial charge in [-0.05, 0) is 52.3 Å². The first-order valence-corrected chi connectivity index (χ1v) is 10.6. The van der Waals surface area contributed by atoms with E-state index < -0.39 is 49.4 Å². The zero-order valence-corrected chi connectivity index (χ0v) is 19.0. The molecule has 2 heterocycles. The van der Waals surface area contributed by atoms with Gasteiger partial charge in [0.15, 0.2) is 0 Å². The molecule has 0 saturated carbocycles. The Kier molecular flexibility index (Phi) is 6.89. The summed E-state index contributed by atoms with van der Waals surface area (Å²) in [5.41, 5.74) is 2.21. The zero-order chi connectivity index (χ0) is 25.4. The maximum atomic E-state index is 10.4. The summed E-state index contributed by atoms with van der Waals surface area (Å²) in [5, 5.41) is 44.4. The van der Waals surface area contributed by atoms with Crippen LogP contribution in [0.25, 0.3) is 0 Å². The van der Waals surface area contributed by atoms with E-state index in [0.717, 1.165) is 5.56 Å². The first-order chi connectivity index (χ1) is 15.7. The first-order valence-electron chi connectivity index (χ1n) is 11.6. The second-order valence-corrected chi connectivity index (χ2v) is 8.37. The number of hydrogen-bond donors (Lipinski definition) is 4. The molecule has 4 N–H and O–H groups in total. The molecular formula is C23H34N2O7. The lowest BCUT2D eigenvalue weighted by Gasteiger charge is -2.39. The van der Waals surface area contributed by atoms with E-state index in [0.29, 0.717) is 23.4 Å². The van der Waals surface area contributed by atoms with Crippen LogP contribution in [0.4, 0.5) is 0 Å². The number of aromatic nitrogens is 2. The third kappa shape index (κ3) is 5.24. The van der Waals surface area contributed by atoms with Crippen LogP contribution in [0, 0.1) is 6.92 Å². The molecule has 32 heavy (non-hydrogen) atoms. The van der Waals surface area contributed by atoms with Gasteiger partial charge in [0.2, 0.25) is 12.2 Å². The zero-order valence-electron chi connectivity index (χ0n) is 21.0. The first kappa shape index (κ1) is 21.7. The second kappa shape index (κ2) is 10.2. The van der Waals surface area contributed by atoms with Crippen molar-refractivity contribution >= 4 is 0 Å². The number of aliphatic hydroxyl groups is 4. The molecular weight excluding hydrogens is 416 g/mol. The van der Waals surface area contributed by atoms with Crippen molar-refractivity contribution in [3.05, 3.63) is 41.1 Å². The van der Waals surface area contributed by atoms with Gasteiger partial charge in [-0.2, -0.15) is 0 Å². The molecule has 9 nitrogen and oxygen atoms in total. The van der Waals surface area contributed by atoms with E-state index in [-0.39, 0.29) is 5.88 Å². The lowest BCUT2D eigenvalue weighted by molar-refractivity contribution is -0.278. The highest BCUT2D eigenvalue weighted by atomic mass is 16.7. The minimum absolute atomic E-state index is 0.106. The van der Waals surface area contributed by atoms with E-state index in [1.54, 1.807) is 46.8 Å². The number of ether oxygens (including phenoxy) is 3. The fourth-order valence-electron chi connectivity index (χ4n) is 3.63. The molecule has 178 valence electrons. The summed E-state index contributed by atoms with van der Waals surface area (Å²) in [6.45, 7) is 7.85. The Morgan fingerprint density at radius 2 is 1.75 bits per heavy atom. The Morgan fingerprint density at radius 3 is 2.31 bits per heavy atom. The van der Waals surface area contributed by atoms with Crippen molar-refractivity contribution in [2.24, 2.45) is 0 Å². The van der Waals surface area contributed by atoms with Gasteiger partial charge in [-0.25, -0.2) is 0 Å². The number of benzene rings is 1. The molecule has 3 rings (SSSR count). The van der Waals surface area contributed by atoms with E-state index in [4.69, 9.17) is 17.0 Å². The van der Waals surface area contributed by atoms with Gasteiger partial charge in [0.05, 0.1) is 15.4 Å². The lowest BCUT2D eigenvalue weighted by atomic mass is 9.99. The minimum Gasteiger partial charge on any atom is -0.491 e. The fraction of sp³-hybridized carbons (Fsp3) is 0.609. The average molecular weight is 453 g/mol. The van der Waals surface area contributed by atoms with Crippen molar-refractivity contribution in [2.45, 2.75) is 83.8 Å². The van der Waals surface area contributed by atoms with E-state index in [9.17, 15) is 20.4 Å². The van der Waals surface area contributed by atoms with Crippen molar-refractivity contribution in [3.8, 4) is 11.6 Å². The predicted molar refractivity (Wildman–Crippen MR) is 117 cm³/mol. The number of aliphatic hydroxyl groups excluding tert-OH is 4. The van der Waals surface area contributed by atoms with Crippen LogP contribution in [0.1, 0.15) is 53.3 Å². The molecule has 0 bridgehead atoms. The molecule has 0 radical (unpaired) electrons. The van der Waals surface area contributed by atoms with Gasteiger partial charge in [0, 0.05) is 23.7 Å². The molecule has 0 amide bonds. The summed E-state index contributed by atoms with van der Waals surface area (Å²) in [7, 11) is 0. The van der Waals surface area contributed by atoms with E-state index in [1.807, 2.05) is 12.1 Å². The highest BCUT2D eigenvalue weighted by molar-refractivity contribution is 5.38. The maximum absolute atomic E-state index is 10.4. The van der Waals surface area contributed by atoms with Gasteiger partial charge in [0.25, 0.3) is 0 Å². The molecule has 1 aromatic heterocycles. The van der Waals surface area contributed by atoms with E-state index in [2.05, 4.69) is 5.10 Å². The van der Waals surface area contributed by atoms with Crippen LogP contribution >= 0.6 is 0 Å². The third-order valence-corrected chi connectivity index (χ3v) is 5.33. The van der Waals surface area contributed by atoms with Gasteiger partial charge in [-0.3, -0.25) is 4.68 Å². The highest BCUT2D eigenvalue weighted by Gasteiger charge is 2.45. The average Bonchev–Trinajstić information content (AvgIpc) is 3.04. The summed E-state index contributed by atoms with van der Waals surface area (Å²) in [5.74, 6) is 0.663. The topological polar surface area (TPSA) is 126 Å². The molecule has 1 aliphatic heterocycles. The number of nitrogens with zero attached hydrogens (tertiary/aromatic N) is 2. The third-order valence-electron chi connectivity index (χ3n) is 5.33. The Bertz CT molecular complexity index is 967.